The van der Waals surface area contributed by atoms with Gasteiger partial charge in [0.05, 0.1) is 45.3 Å². The number of carbonyl (C=O) groups is 1. The Kier molecular flexibility index (Phi) is 14.8. The van der Waals surface area contributed by atoms with Crippen LogP contribution in [0.2, 0.25) is 0 Å². The van der Waals surface area contributed by atoms with Crippen LogP contribution in [0.3, 0.4) is 0 Å². The fourth-order valence-electron chi connectivity index (χ4n) is 5.71. The highest BCUT2D eigenvalue weighted by Crippen LogP contribution is 2.44. The van der Waals surface area contributed by atoms with Crippen LogP contribution in [0.4, 0.5) is 4.79 Å². The van der Waals surface area contributed by atoms with Gasteiger partial charge in [0.1, 0.15) is 6.23 Å². The maximum absolute atomic E-state index is 11.2. The first-order valence-corrected chi connectivity index (χ1v) is 15.5. The quantitative estimate of drug-likeness (QED) is 0.238. The SMILES string of the molecule is CCOCCOCC1(COCCOCC)CCC(c2nn(C3CCCCO3)cc2CN(C)CCN(C)C(=O)O)CC1. The van der Waals surface area contributed by atoms with Crippen molar-refractivity contribution in [1.82, 2.24) is 19.6 Å². The minimum atomic E-state index is -0.907. The van der Waals surface area contributed by atoms with Crippen LogP contribution in [-0.2, 0) is 30.2 Å². The standard InChI is InChI=1S/C30H54N4O7/c1-5-37-17-19-39-23-30(24-40-20-18-38-6-2)12-10-25(11-13-30)28-26(21-32(3)14-15-33(4)29(35)36)22-34(31-28)27-9-7-8-16-41-27/h22,25,27H,5-21,23-24H2,1-4H3,(H,35,36). The summed E-state index contributed by atoms with van der Waals surface area (Å²) in [5, 5.41) is 14.4. The second-order valence-electron chi connectivity index (χ2n) is 11.6. The number of rotatable bonds is 19. The van der Waals surface area contributed by atoms with Gasteiger partial charge in [-0.1, -0.05) is 0 Å². The predicted octanol–water partition coefficient (Wildman–Crippen LogP) is 4.37. The van der Waals surface area contributed by atoms with E-state index in [1.165, 1.54) is 10.5 Å². The topological polar surface area (TPSA) is 108 Å². The average Bonchev–Trinajstić information content (AvgIpc) is 3.40. The average molecular weight is 583 g/mol. The summed E-state index contributed by atoms with van der Waals surface area (Å²) >= 11 is 0. The van der Waals surface area contributed by atoms with Crippen molar-refractivity contribution in [3.8, 4) is 0 Å². The minimum absolute atomic E-state index is 0.0140. The van der Waals surface area contributed by atoms with Crippen LogP contribution < -0.4 is 0 Å². The van der Waals surface area contributed by atoms with Gasteiger partial charge in [0.15, 0.2) is 0 Å². The molecule has 11 nitrogen and oxygen atoms in total. The van der Waals surface area contributed by atoms with Gasteiger partial charge in [-0.3, -0.25) is 0 Å². The van der Waals surface area contributed by atoms with Crippen molar-refractivity contribution >= 4 is 6.09 Å². The molecule has 1 aromatic rings. The lowest BCUT2D eigenvalue weighted by Gasteiger charge is -2.39. The Bertz CT molecular complexity index is 853. The highest BCUT2D eigenvalue weighted by molar-refractivity contribution is 5.64. The molecule has 0 aromatic carbocycles. The van der Waals surface area contributed by atoms with Crippen LogP contribution in [-0.4, -0.2) is 117 Å². The van der Waals surface area contributed by atoms with Gasteiger partial charge in [-0.25, -0.2) is 9.48 Å². The van der Waals surface area contributed by atoms with E-state index in [0.29, 0.717) is 71.9 Å². The molecule has 1 atom stereocenters. The predicted molar refractivity (Wildman–Crippen MR) is 156 cm³/mol. The summed E-state index contributed by atoms with van der Waals surface area (Å²) in [5.41, 5.74) is 2.33. The molecule has 11 heteroatoms. The van der Waals surface area contributed by atoms with Gasteiger partial charge in [-0.15, -0.1) is 0 Å². The van der Waals surface area contributed by atoms with Crippen molar-refractivity contribution in [3.63, 3.8) is 0 Å². The van der Waals surface area contributed by atoms with Crippen LogP contribution in [0.5, 0.6) is 0 Å². The van der Waals surface area contributed by atoms with Gasteiger partial charge in [-0.2, -0.15) is 5.10 Å². The van der Waals surface area contributed by atoms with E-state index in [4.69, 9.17) is 28.8 Å². The van der Waals surface area contributed by atoms with Crippen LogP contribution in [0.25, 0.3) is 0 Å². The van der Waals surface area contributed by atoms with Gasteiger partial charge in [0, 0.05) is 69.6 Å². The lowest BCUT2D eigenvalue weighted by atomic mass is 9.70. The largest absolute Gasteiger partial charge is 0.465 e. The molecule has 2 fully saturated rings. The third-order valence-corrected chi connectivity index (χ3v) is 8.28. The second kappa shape index (κ2) is 18.0. The molecule has 0 spiro atoms. The number of hydrogen-bond acceptors (Lipinski definition) is 8. The Morgan fingerprint density at radius 2 is 1.63 bits per heavy atom. The number of ether oxygens (including phenoxy) is 5. The van der Waals surface area contributed by atoms with Crippen molar-refractivity contribution in [3.05, 3.63) is 17.5 Å². The summed E-state index contributed by atoms with van der Waals surface area (Å²) < 4.78 is 31.2. The van der Waals surface area contributed by atoms with E-state index < -0.39 is 6.09 Å². The Morgan fingerprint density at radius 3 is 2.20 bits per heavy atom. The number of carboxylic acid groups (broad SMARTS) is 1. The first kappa shape index (κ1) is 33.7. The van der Waals surface area contributed by atoms with Crippen molar-refractivity contribution in [1.29, 1.82) is 0 Å². The number of aromatic nitrogens is 2. The second-order valence-corrected chi connectivity index (χ2v) is 11.6. The zero-order chi connectivity index (χ0) is 29.5. The van der Waals surface area contributed by atoms with Crippen molar-refractivity contribution in [2.75, 3.05) is 86.6 Å². The molecule has 1 unspecified atom stereocenters. The van der Waals surface area contributed by atoms with E-state index in [1.54, 1.807) is 7.05 Å². The van der Waals surface area contributed by atoms with Crippen LogP contribution in [0.1, 0.15) is 82.2 Å². The smallest absolute Gasteiger partial charge is 0.407 e. The van der Waals surface area contributed by atoms with Crippen LogP contribution >= 0.6 is 0 Å². The zero-order valence-electron chi connectivity index (χ0n) is 25.9. The summed E-state index contributed by atoms with van der Waals surface area (Å²) in [6.07, 6.45) is 8.52. The van der Waals surface area contributed by atoms with E-state index in [2.05, 4.69) is 11.1 Å². The molecular formula is C30H54N4O7. The monoisotopic (exact) mass is 582 g/mol. The first-order chi connectivity index (χ1) is 19.9. The molecule has 0 bridgehead atoms. The van der Waals surface area contributed by atoms with Crippen LogP contribution in [0.15, 0.2) is 6.20 Å². The maximum atomic E-state index is 11.2. The van der Waals surface area contributed by atoms with Gasteiger partial charge < -0.3 is 38.6 Å². The lowest BCUT2D eigenvalue weighted by molar-refractivity contribution is -0.0630. The molecule has 1 aliphatic heterocycles. The highest BCUT2D eigenvalue weighted by atomic mass is 16.5. The third kappa shape index (κ3) is 11.1. The lowest BCUT2D eigenvalue weighted by Crippen LogP contribution is -2.37. The molecule has 2 aliphatic rings. The number of hydrogen-bond donors (Lipinski definition) is 1. The highest BCUT2D eigenvalue weighted by Gasteiger charge is 2.38. The Hall–Kier alpha value is -1.76. The molecule has 1 amide bonds. The molecule has 1 aromatic heterocycles. The van der Waals surface area contributed by atoms with Crippen molar-refractivity contribution in [2.45, 2.75) is 77.5 Å². The summed E-state index contributed by atoms with van der Waals surface area (Å²) in [7, 11) is 3.65. The van der Waals surface area contributed by atoms with Gasteiger partial charge in [0.2, 0.25) is 0 Å². The molecule has 2 heterocycles. The molecule has 1 N–H and O–H groups in total. The molecule has 1 saturated carbocycles. The fraction of sp³-hybridized carbons (Fsp3) is 0.867. The summed E-state index contributed by atoms with van der Waals surface area (Å²) in [6.45, 7) is 11.7. The Labute approximate surface area is 246 Å². The molecule has 236 valence electrons. The van der Waals surface area contributed by atoms with E-state index in [0.717, 1.165) is 63.8 Å². The van der Waals surface area contributed by atoms with E-state index in [-0.39, 0.29) is 11.6 Å². The van der Waals surface area contributed by atoms with Gasteiger partial charge in [0.25, 0.3) is 0 Å². The molecule has 41 heavy (non-hydrogen) atoms. The van der Waals surface area contributed by atoms with Crippen molar-refractivity contribution < 1.29 is 33.6 Å². The van der Waals surface area contributed by atoms with Gasteiger partial charge >= 0.3 is 6.09 Å². The number of likely N-dealkylation sites (N-methyl/N-ethyl adjacent to an activating group) is 2. The summed E-state index contributed by atoms with van der Waals surface area (Å²) in [6, 6.07) is 0. The first-order valence-electron chi connectivity index (χ1n) is 15.5. The Morgan fingerprint density at radius 1 is 1.00 bits per heavy atom. The molecular weight excluding hydrogens is 528 g/mol. The van der Waals surface area contributed by atoms with E-state index in [9.17, 15) is 9.90 Å². The molecule has 3 rings (SSSR count). The molecule has 1 aliphatic carbocycles. The van der Waals surface area contributed by atoms with Gasteiger partial charge in [-0.05, 0) is 65.8 Å². The normalized spacial score (nSPS) is 19.6. The van der Waals surface area contributed by atoms with E-state index >= 15 is 0 Å². The number of amides is 1. The maximum Gasteiger partial charge on any atom is 0.407 e. The Balaban J connectivity index is 1.68. The van der Waals surface area contributed by atoms with Crippen molar-refractivity contribution in [2.24, 2.45) is 5.41 Å². The number of nitrogens with zero attached hydrogens (tertiary/aromatic N) is 4. The summed E-state index contributed by atoms with van der Waals surface area (Å²) in [4.78, 5) is 14.7. The fourth-order valence-corrected chi connectivity index (χ4v) is 5.71. The minimum Gasteiger partial charge on any atom is -0.465 e. The molecule has 1 saturated heterocycles. The molecule has 0 radical (unpaired) electrons. The van der Waals surface area contributed by atoms with E-state index in [1.807, 2.05) is 25.6 Å². The third-order valence-electron chi connectivity index (χ3n) is 8.28. The zero-order valence-corrected chi connectivity index (χ0v) is 25.9. The summed E-state index contributed by atoms with van der Waals surface area (Å²) in [5.74, 6) is 0.352. The van der Waals surface area contributed by atoms with Crippen LogP contribution in [0, 0.1) is 5.41 Å².